The minimum atomic E-state index is -0.549. The molecule has 0 aliphatic heterocycles. The Bertz CT molecular complexity index is 2120. The summed E-state index contributed by atoms with van der Waals surface area (Å²) in [6.07, 6.45) is 0.221. The fourth-order valence-electron chi connectivity index (χ4n) is 4.83. The molecular weight excluding hydrogens is 460 g/mol. The van der Waals surface area contributed by atoms with E-state index in [0.29, 0.717) is 33.3 Å². The van der Waals surface area contributed by atoms with Crippen molar-refractivity contribution in [1.29, 1.82) is 0 Å². The first-order valence-corrected chi connectivity index (χ1v) is 12.7. The molecule has 0 fully saturated rings. The van der Waals surface area contributed by atoms with Crippen LogP contribution in [0.2, 0.25) is 0 Å². The van der Waals surface area contributed by atoms with Crippen LogP contribution in [0.25, 0.3) is 44.3 Å². The topological polar surface area (TPSA) is 9.86 Å². The van der Waals surface area contributed by atoms with E-state index in [0.717, 1.165) is 11.1 Å². The van der Waals surface area contributed by atoms with Gasteiger partial charge in [-0.05, 0) is 69.4 Å². The summed E-state index contributed by atoms with van der Waals surface area (Å²) in [6.45, 7) is 11.6. The van der Waals surface area contributed by atoms with Gasteiger partial charge in [0.1, 0.15) is 0 Å². The van der Waals surface area contributed by atoms with Gasteiger partial charge in [-0.3, -0.25) is 0 Å². The molecule has 0 bridgehead atoms. The molecule has 190 valence electrons. The molecule has 2 nitrogen and oxygen atoms in total. The minimum absolute atomic E-state index is 0.111. The van der Waals surface area contributed by atoms with Gasteiger partial charge in [0.25, 0.3) is 0 Å². The van der Waals surface area contributed by atoms with Crippen LogP contribution in [-0.4, -0.2) is 9.13 Å². The summed E-state index contributed by atoms with van der Waals surface area (Å²) in [4.78, 5) is 0. The van der Waals surface area contributed by atoms with Crippen LogP contribution in [0.5, 0.6) is 0 Å². The van der Waals surface area contributed by atoms with Gasteiger partial charge in [-0.2, -0.15) is 0 Å². The van der Waals surface area contributed by atoms with Crippen molar-refractivity contribution in [2.24, 2.45) is 0 Å². The zero-order chi connectivity index (χ0) is 35.4. The van der Waals surface area contributed by atoms with Crippen molar-refractivity contribution in [2.45, 2.75) is 52.4 Å². The molecule has 6 rings (SSSR count). The predicted octanol–water partition coefficient (Wildman–Crippen LogP) is 9.84. The Morgan fingerprint density at radius 1 is 0.500 bits per heavy atom. The Morgan fingerprint density at radius 3 is 1.18 bits per heavy atom. The van der Waals surface area contributed by atoms with Crippen LogP contribution in [0.15, 0.2) is 109 Å². The molecule has 2 aromatic heterocycles. The van der Waals surface area contributed by atoms with Gasteiger partial charge in [0.05, 0.1) is 24.7 Å². The number of nitrogens with zero attached hydrogens (tertiary/aromatic N) is 2. The summed E-state index contributed by atoms with van der Waals surface area (Å²) >= 11 is 0. The Labute approximate surface area is 240 Å². The van der Waals surface area contributed by atoms with Crippen molar-refractivity contribution >= 4 is 21.8 Å². The zero-order valence-corrected chi connectivity index (χ0v) is 22.5. The lowest BCUT2D eigenvalue weighted by molar-refractivity contribution is 0.594. The first-order valence-electron chi connectivity index (χ1n) is 17.7. The second kappa shape index (κ2) is 8.77. The third-order valence-electron chi connectivity index (χ3n) is 6.81. The standard InChI is InChI=1S/C36H36N2/c1-35(2,3)31-23-37(33-13-9-7-11-29(31)33)27-19-15-25(16-20-27)26-17-21-28(22-18-26)38-24-32(36(4,5)6)30-12-8-10-14-34(30)38/h7-24H,1-6H3/i7D,8D,9D,10D,11D,12D,13D,14D,23D,24D. The first kappa shape index (κ1) is 15.4. The Balaban J connectivity index is 1.47. The van der Waals surface area contributed by atoms with E-state index in [2.05, 4.69) is 0 Å². The minimum Gasteiger partial charge on any atom is -0.316 e. The van der Waals surface area contributed by atoms with E-state index < -0.39 is 10.8 Å². The third-order valence-corrected chi connectivity index (χ3v) is 6.81. The van der Waals surface area contributed by atoms with Crippen LogP contribution < -0.4 is 0 Å². The lowest BCUT2D eigenvalue weighted by atomic mass is 9.87. The fraction of sp³-hybridized carbons (Fsp3) is 0.222. The average molecular weight is 507 g/mol. The van der Waals surface area contributed by atoms with Crippen LogP contribution in [0.1, 0.15) is 66.4 Å². The molecule has 2 heterocycles. The molecule has 6 aromatic rings. The summed E-state index contributed by atoms with van der Waals surface area (Å²) in [7, 11) is 0. The smallest absolute Gasteiger partial charge is 0.0826 e. The maximum atomic E-state index is 9.10. The predicted molar refractivity (Wildman–Crippen MR) is 163 cm³/mol. The first-order chi connectivity index (χ1) is 22.3. The summed E-state index contributed by atoms with van der Waals surface area (Å²) in [5, 5.41) is 0.702. The van der Waals surface area contributed by atoms with Crippen LogP contribution in [-0.2, 0) is 10.8 Å². The zero-order valence-electron chi connectivity index (χ0n) is 32.5. The number of hydrogen-bond acceptors (Lipinski definition) is 0. The third kappa shape index (κ3) is 4.15. The number of aromatic nitrogens is 2. The largest absolute Gasteiger partial charge is 0.316 e. The number of fused-ring (bicyclic) bond motifs is 2. The van der Waals surface area contributed by atoms with E-state index in [1.807, 2.05) is 90.1 Å². The molecule has 0 radical (unpaired) electrons. The molecule has 0 saturated carbocycles. The highest BCUT2D eigenvalue weighted by Crippen LogP contribution is 2.35. The molecule has 4 aromatic carbocycles. The average Bonchev–Trinajstić information content (AvgIpc) is 3.52. The van der Waals surface area contributed by atoms with Gasteiger partial charge in [0, 0.05) is 34.5 Å². The number of rotatable bonds is 3. The highest BCUT2D eigenvalue weighted by Gasteiger charge is 2.21. The summed E-state index contributed by atoms with van der Waals surface area (Å²) in [6, 6.07) is 12.8. The normalized spacial score (nSPS) is 16.2. The van der Waals surface area contributed by atoms with E-state index in [1.54, 1.807) is 9.13 Å². The molecule has 0 unspecified atom stereocenters. The Hall–Kier alpha value is -4.04. The molecule has 0 aliphatic carbocycles. The highest BCUT2D eigenvalue weighted by atomic mass is 15.0. The highest BCUT2D eigenvalue weighted by molar-refractivity contribution is 5.88. The maximum Gasteiger partial charge on any atom is 0.0826 e. The van der Waals surface area contributed by atoms with Crippen LogP contribution in [0.3, 0.4) is 0 Å². The second-order valence-electron chi connectivity index (χ2n) is 11.7. The van der Waals surface area contributed by atoms with Gasteiger partial charge in [-0.1, -0.05) is 102 Å². The molecule has 0 aliphatic rings. The molecule has 2 heteroatoms. The molecular formula is C36H36N2. The summed E-state index contributed by atoms with van der Waals surface area (Å²) in [5.41, 5.74) is 3.43. The lowest BCUT2D eigenvalue weighted by Crippen LogP contribution is -2.10. The fourth-order valence-corrected chi connectivity index (χ4v) is 4.83. The molecule has 0 N–H and O–H groups in total. The molecule has 0 spiro atoms. The van der Waals surface area contributed by atoms with E-state index in [9.17, 15) is 0 Å². The van der Waals surface area contributed by atoms with E-state index in [1.165, 1.54) is 0 Å². The quantitative estimate of drug-likeness (QED) is 0.226. The van der Waals surface area contributed by atoms with E-state index in [4.69, 9.17) is 13.7 Å². The monoisotopic (exact) mass is 506 g/mol. The van der Waals surface area contributed by atoms with E-state index in [-0.39, 0.29) is 71.7 Å². The summed E-state index contributed by atoms with van der Waals surface area (Å²) in [5.74, 6) is 0. The van der Waals surface area contributed by atoms with E-state index >= 15 is 0 Å². The van der Waals surface area contributed by atoms with Crippen LogP contribution >= 0.6 is 0 Å². The van der Waals surface area contributed by atoms with Crippen molar-refractivity contribution in [3.8, 4) is 22.5 Å². The van der Waals surface area contributed by atoms with Crippen molar-refractivity contribution in [3.63, 3.8) is 0 Å². The number of para-hydroxylation sites is 2. The molecule has 0 atom stereocenters. The lowest BCUT2D eigenvalue weighted by Gasteiger charge is -2.17. The molecule has 0 saturated heterocycles. The van der Waals surface area contributed by atoms with Crippen molar-refractivity contribution in [1.82, 2.24) is 9.13 Å². The molecule has 0 amide bonds. The molecule has 38 heavy (non-hydrogen) atoms. The number of hydrogen-bond donors (Lipinski definition) is 0. The van der Waals surface area contributed by atoms with Gasteiger partial charge in [-0.25, -0.2) is 0 Å². The SMILES string of the molecule is [2H]c1c([2H])c([2H])c2c(c1[2H])c(C(C)(C)C)c([2H])n2-c1ccc(-c2ccc(-n3c([2H])c(C(C)(C)C)c4c([2H])c([2H])c([2H])c([2H])c43)cc2)cc1. The number of benzene rings is 4. The van der Waals surface area contributed by atoms with Crippen molar-refractivity contribution in [2.75, 3.05) is 0 Å². The van der Waals surface area contributed by atoms with Gasteiger partial charge in [0.2, 0.25) is 0 Å². The maximum absolute atomic E-state index is 9.10. The van der Waals surface area contributed by atoms with Gasteiger partial charge < -0.3 is 9.13 Å². The van der Waals surface area contributed by atoms with Crippen LogP contribution in [0.4, 0.5) is 0 Å². The van der Waals surface area contributed by atoms with Gasteiger partial charge in [0.15, 0.2) is 0 Å². The van der Waals surface area contributed by atoms with Crippen LogP contribution in [0, 0.1) is 0 Å². The Morgan fingerprint density at radius 2 is 0.842 bits per heavy atom. The van der Waals surface area contributed by atoms with Crippen molar-refractivity contribution < 1.29 is 13.7 Å². The Kier molecular flexibility index (Phi) is 3.55. The summed E-state index contributed by atoms with van der Waals surface area (Å²) < 4.78 is 89.1. The van der Waals surface area contributed by atoms with Gasteiger partial charge in [-0.15, -0.1) is 0 Å². The van der Waals surface area contributed by atoms with Crippen molar-refractivity contribution in [3.05, 3.63) is 120 Å². The second-order valence-corrected chi connectivity index (χ2v) is 11.7. The van der Waals surface area contributed by atoms with Gasteiger partial charge >= 0.3 is 0 Å².